The summed E-state index contributed by atoms with van der Waals surface area (Å²) >= 11 is 5.86. The fourth-order valence-corrected chi connectivity index (χ4v) is 2.23. The van der Waals surface area contributed by atoms with Crippen LogP contribution in [0.5, 0.6) is 0 Å². The van der Waals surface area contributed by atoms with E-state index in [9.17, 15) is 4.79 Å². The van der Waals surface area contributed by atoms with Crippen LogP contribution in [0.3, 0.4) is 0 Å². The molecule has 0 fully saturated rings. The quantitative estimate of drug-likeness (QED) is 0.739. The first-order valence-corrected chi connectivity index (χ1v) is 6.01. The van der Waals surface area contributed by atoms with Gasteiger partial charge in [0, 0.05) is 26.2 Å². The van der Waals surface area contributed by atoms with Crippen LogP contribution in [0.25, 0.3) is 11.4 Å². The third-order valence-electron chi connectivity index (χ3n) is 2.92. The Morgan fingerprint density at radius 3 is 2.83 bits per heavy atom. The second kappa shape index (κ2) is 4.10. The van der Waals surface area contributed by atoms with Crippen LogP contribution >= 0.6 is 11.6 Å². The van der Waals surface area contributed by atoms with Crippen molar-refractivity contribution in [3.05, 3.63) is 29.5 Å². The molecule has 1 amide bonds. The van der Waals surface area contributed by atoms with Gasteiger partial charge in [0.1, 0.15) is 10.8 Å². The van der Waals surface area contributed by atoms with Crippen LogP contribution in [0.4, 0.5) is 5.95 Å². The summed E-state index contributed by atoms with van der Waals surface area (Å²) < 4.78 is 1.96. The van der Waals surface area contributed by atoms with Crippen molar-refractivity contribution >= 4 is 23.5 Å². The van der Waals surface area contributed by atoms with Crippen LogP contribution in [0.1, 0.15) is 6.92 Å². The zero-order valence-electron chi connectivity index (χ0n) is 9.80. The smallest absolute Gasteiger partial charge is 0.226 e. The number of hydrogen-bond donors (Lipinski definition) is 0. The van der Waals surface area contributed by atoms with Crippen molar-refractivity contribution in [1.82, 2.24) is 14.5 Å². The lowest BCUT2D eigenvalue weighted by Crippen LogP contribution is -2.26. The van der Waals surface area contributed by atoms with Gasteiger partial charge in [-0.05, 0) is 12.1 Å². The molecule has 1 aliphatic rings. The standard InChI is InChI=1S/C12H11ClN4O/c1-8(18)17-6-5-16-7-10(15-12(16)17)9-3-2-4-11(13)14-9/h2-4,7H,5-6H2,1H3. The van der Waals surface area contributed by atoms with E-state index < -0.39 is 0 Å². The molecule has 92 valence electrons. The summed E-state index contributed by atoms with van der Waals surface area (Å²) in [4.78, 5) is 21.8. The normalized spacial score (nSPS) is 13.8. The van der Waals surface area contributed by atoms with Gasteiger partial charge >= 0.3 is 0 Å². The molecule has 0 saturated carbocycles. The lowest BCUT2D eigenvalue weighted by Gasteiger charge is -2.09. The predicted octanol–water partition coefficient (Wildman–Crippen LogP) is 1.97. The number of pyridine rings is 1. The first-order chi connectivity index (χ1) is 8.65. The molecule has 0 radical (unpaired) electrons. The van der Waals surface area contributed by atoms with Crippen LogP contribution in [0.15, 0.2) is 24.4 Å². The Labute approximate surface area is 109 Å². The lowest BCUT2D eigenvalue weighted by molar-refractivity contribution is -0.116. The summed E-state index contributed by atoms with van der Waals surface area (Å²) in [6, 6.07) is 5.40. The maximum atomic E-state index is 11.4. The summed E-state index contributed by atoms with van der Waals surface area (Å²) in [6.45, 7) is 2.99. The molecule has 0 aliphatic carbocycles. The minimum atomic E-state index is 0.00459. The van der Waals surface area contributed by atoms with Crippen LogP contribution in [-0.4, -0.2) is 27.0 Å². The lowest BCUT2D eigenvalue weighted by atomic mass is 10.3. The Hall–Kier alpha value is -1.88. The van der Waals surface area contributed by atoms with Crippen LogP contribution in [0.2, 0.25) is 5.15 Å². The number of imidazole rings is 1. The number of hydrogen-bond acceptors (Lipinski definition) is 3. The molecule has 18 heavy (non-hydrogen) atoms. The number of anilines is 1. The molecule has 0 aromatic carbocycles. The van der Waals surface area contributed by atoms with Crippen molar-refractivity contribution in [2.24, 2.45) is 0 Å². The summed E-state index contributed by atoms with van der Waals surface area (Å²) in [6.07, 6.45) is 1.90. The Morgan fingerprint density at radius 2 is 2.11 bits per heavy atom. The highest BCUT2D eigenvalue weighted by Gasteiger charge is 2.25. The zero-order chi connectivity index (χ0) is 12.7. The average molecular weight is 263 g/mol. The van der Waals surface area contributed by atoms with E-state index in [1.807, 2.05) is 22.9 Å². The van der Waals surface area contributed by atoms with E-state index in [1.165, 1.54) is 0 Å². The second-order valence-electron chi connectivity index (χ2n) is 4.14. The molecule has 1 aliphatic heterocycles. The van der Waals surface area contributed by atoms with Gasteiger partial charge in [0.05, 0.1) is 5.69 Å². The monoisotopic (exact) mass is 262 g/mol. The SMILES string of the molecule is CC(=O)N1CCn2cc(-c3cccc(Cl)n3)nc21. The first-order valence-electron chi connectivity index (χ1n) is 5.63. The second-order valence-corrected chi connectivity index (χ2v) is 4.52. The Balaban J connectivity index is 2.02. The number of aromatic nitrogens is 3. The number of halogens is 1. The molecule has 0 bridgehead atoms. The van der Waals surface area contributed by atoms with Gasteiger partial charge in [0.15, 0.2) is 0 Å². The van der Waals surface area contributed by atoms with E-state index in [4.69, 9.17) is 11.6 Å². The molecule has 0 spiro atoms. The summed E-state index contributed by atoms with van der Waals surface area (Å²) in [5.74, 6) is 0.684. The molecule has 5 nitrogen and oxygen atoms in total. The zero-order valence-corrected chi connectivity index (χ0v) is 10.6. The molecular formula is C12H11ClN4O. The van der Waals surface area contributed by atoms with Gasteiger partial charge in [0.25, 0.3) is 0 Å². The van der Waals surface area contributed by atoms with Gasteiger partial charge in [0.2, 0.25) is 11.9 Å². The van der Waals surface area contributed by atoms with Gasteiger partial charge < -0.3 is 4.57 Å². The van der Waals surface area contributed by atoms with E-state index in [2.05, 4.69) is 9.97 Å². The number of fused-ring (bicyclic) bond motifs is 1. The van der Waals surface area contributed by atoms with Crippen LogP contribution in [-0.2, 0) is 11.3 Å². The van der Waals surface area contributed by atoms with Crippen molar-refractivity contribution in [2.45, 2.75) is 13.5 Å². The number of carbonyl (C=O) groups is 1. The third kappa shape index (κ3) is 1.76. The molecule has 2 aromatic heterocycles. The summed E-state index contributed by atoms with van der Waals surface area (Å²) in [5, 5.41) is 0.434. The van der Waals surface area contributed by atoms with E-state index >= 15 is 0 Å². The number of amides is 1. The highest BCUT2D eigenvalue weighted by molar-refractivity contribution is 6.29. The molecule has 0 atom stereocenters. The molecule has 3 rings (SSSR count). The minimum absolute atomic E-state index is 0.00459. The molecule has 0 saturated heterocycles. The number of carbonyl (C=O) groups excluding carboxylic acids is 1. The van der Waals surface area contributed by atoms with E-state index in [0.29, 0.717) is 23.3 Å². The van der Waals surface area contributed by atoms with Crippen molar-refractivity contribution in [3.8, 4) is 11.4 Å². The van der Waals surface area contributed by atoms with E-state index in [0.717, 1.165) is 12.2 Å². The number of rotatable bonds is 1. The van der Waals surface area contributed by atoms with Crippen LogP contribution in [0, 0.1) is 0 Å². The van der Waals surface area contributed by atoms with Gasteiger partial charge in [-0.3, -0.25) is 9.69 Å². The van der Waals surface area contributed by atoms with Crippen molar-refractivity contribution in [3.63, 3.8) is 0 Å². The minimum Gasteiger partial charge on any atom is -0.314 e. The van der Waals surface area contributed by atoms with Crippen LogP contribution < -0.4 is 4.90 Å². The number of nitrogens with zero attached hydrogens (tertiary/aromatic N) is 4. The molecule has 3 heterocycles. The molecule has 0 N–H and O–H groups in total. The van der Waals surface area contributed by atoms with Crippen molar-refractivity contribution < 1.29 is 4.79 Å². The van der Waals surface area contributed by atoms with Gasteiger partial charge in [-0.1, -0.05) is 17.7 Å². The molecule has 2 aromatic rings. The Bertz CT molecular complexity index is 622. The summed E-state index contributed by atoms with van der Waals surface area (Å²) in [5.41, 5.74) is 1.45. The predicted molar refractivity (Wildman–Crippen MR) is 68.5 cm³/mol. The Morgan fingerprint density at radius 1 is 1.28 bits per heavy atom. The third-order valence-corrected chi connectivity index (χ3v) is 3.13. The van der Waals surface area contributed by atoms with Crippen molar-refractivity contribution in [2.75, 3.05) is 11.4 Å². The van der Waals surface area contributed by atoms with Gasteiger partial charge in [-0.2, -0.15) is 0 Å². The van der Waals surface area contributed by atoms with Crippen molar-refractivity contribution in [1.29, 1.82) is 0 Å². The van der Waals surface area contributed by atoms with Gasteiger partial charge in [-0.25, -0.2) is 9.97 Å². The largest absolute Gasteiger partial charge is 0.314 e. The van der Waals surface area contributed by atoms with E-state index in [-0.39, 0.29) is 5.91 Å². The molecule has 6 heteroatoms. The topological polar surface area (TPSA) is 51.0 Å². The fourth-order valence-electron chi connectivity index (χ4n) is 2.07. The highest BCUT2D eigenvalue weighted by atomic mass is 35.5. The fraction of sp³-hybridized carbons (Fsp3) is 0.250. The summed E-state index contributed by atoms with van der Waals surface area (Å²) in [7, 11) is 0. The Kier molecular flexibility index (Phi) is 2.56. The maximum absolute atomic E-state index is 11.4. The van der Waals surface area contributed by atoms with E-state index in [1.54, 1.807) is 17.9 Å². The molecule has 0 unspecified atom stereocenters. The van der Waals surface area contributed by atoms with Gasteiger partial charge in [-0.15, -0.1) is 0 Å². The first kappa shape index (κ1) is 11.2. The maximum Gasteiger partial charge on any atom is 0.226 e. The molecular weight excluding hydrogens is 252 g/mol. The highest BCUT2D eigenvalue weighted by Crippen LogP contribution is 2.26. The average Bonchev–Trinajstić information content (AvgIpc) is 2.87.